The van der Waals surface area contributed by atoms with Gasteiger partial charge >= 0.3 is 5.97 Å². The molecule has 0 amide bonds. The fourth-order valence-electron chi connectivity index (χ4n) is 1.29. The van der Waals surface area contributed by atoms with Crippen molar-refractivity contribution in [1.82, 2.24) is 8.75 Å². The second-order valence-electron chi connectivity index (χ2n) is 3.38. The van der Waals surface area contributed by atoms with Crippen molar-refractivity contribution in [3.63, 3.8) is 0 Å². The topological polar surface area (TPSA) is 75.1 Å². The molecule has 1 unspecified atom stereocenters. The van der Waals surface area contributed by atoms with Crippen LogP contribution in [0.2, 0.25) is 10.0 Å². The molecule has 1 aromatic carbocycles. The van der Waals surface area contributed by atoms with Crippen molar-refractivity contribution >= 4 is 57.6 Å². The molecule has 2 N–H and O–H groups in total. The number of carboxylic acid groups (broad SMARTS) is 1. The Bertz CT molecular complexity index is 587. The first kappa shape index (κ1) is 12.3. The first-order chi connectivity index (χ1) is 8.00. The third-order valence-electron chi connectivity index (χ3n) is 2.18. The normalized spacial score (nSPS) is 12.6. The first-order valence-electron chi connectivity index (χ1n) is 4.60. The molecule has 0 saturated heterocycles. The number of rotatable bonds is 3. The molecular weight excluding hydrogens is 285 g/mol. The Hall–Kier alpha value is -1.11. The van der Waals surface area contributed by atoms with Gasteiger partial charge in [-0.05, 0) is 13.0 Å². The maximum absolute atomic E-state index is 10.8. The number of benzene rings is 1. The van der Waals surface area contributed by atoms with E-state index in [9.17, 15) is 4.79 Å². The molecule has 8 heteroatoms. The smallest absolute Gasteiger partial charge is 0.325 e. The summed E-state index contributed by atoms with van der Waals surface area (Å²) in [4.78, 5) is 10.8. The largest absolute Gasteiger partial charge is 0.480 e. The summed E-state index contributed by atoms with van der Waals surface area (Å²) in [5.74, 6) is -0.979. The van der Waals surface area contributed by atoms with E-state index in [2.05, 4.69) is 14.1 Å². The van der Waals surface area contributed by atoms with Crippen LogP contribution in [0, 0.1) is 0 Å². The molecule has 0 bridgehead atoms. The maximum atomic E-state index is 10.8. The van der Waals surface area contributed by atoms with Gasteiger partial charge in [0.05, 0.1) is 27.5 Å². The number of halogens is 2. The number of carboxylic acids is 1. The number of nitrogens with zero attached hydrogens (tertiary/aromatic N) is 2. The molecule has 1 atom stereocenters. The summed E-state index contributed by atoms with van der Waals surface area (Å²) in [5.41, 5.74) is 1.44. The van der Waals surface area contributed by atoms with E-state index in [0.29, 0.717) is 26.8 Å². The highest BCUT2D eigenvalue weighted by Crippen LogP contribution is 2.35. The van der Waals surface area contributed by atoms with Crippen LogP contribution in [0.25, 0.3) is 11.0 Å². The zero-order valence-electron chi connectivity index (χ0n) is 8.57. The quantitative estimate of drug-likeness (QED) is 0.909. The number of hydrogen-bond donors (Lipinski definition) is 2. The molecule has 1 aromatic heterocycles. The van der Waals surface area contributed by atoms with Crippen LogP contribution in [0.1, 0.15) is 6.92 Å². The fraction of sp³-hybridized carbons (Fsp3) is 0.222. The standard InChI is InChI=1S/C9H7Cl2N3O2S/c1-3(9(15)16)12-6-4(10)2-5(11)7-8(6)14-17-13-7/h2-3,12H,1H3,(H,15,16). The highest BCUT2D eigenvalue weighted by molar-refractivity contribution is 7.00. The van der Waals surface area contributed by atoms with Gasteiger partial charge in [0.25, 0.3) is 0 Å². The van der Waals surface area contributed by atoms with Crippen molar-refractivity contribution in [3.8, 4) is 0 Å². The van der Waals surface area contributed by atoms with E-state index >= 15 is 0 Å². The van der Waals surface area contributed by atoms with Gasteiger partial charge in [0, 0.05) is 0 Å². The first-order valence-corrected chi connectivity index (χ1v) is 6.09. The molecule has 5 nitrogen and oxygen atoms in total. The number of nitrogens with one attached hydrogen (secondary N) is 1. The van der Waals surface area contributed by atoms with Crippen LogP contribution in [-0.4, -0.2) is 25.9 Å². The summed E-state index contributed by atoms with van der Waals surface area (Å²) >= 11 is 13.0. The highest BCUT2D eigenvalue weighted by atomic mass is 35.5. The van der Waals surface area contributed by atoms with Gasteiger partial charge in [0.2, 0.25) is 0 Å². The maximum Gasteiger partial charge on any atom is 0.325 e. The molecule has 0 aliphatic carbocycles. The molecule has 0 spiro atoms. The highest BCUT2D eigenvalue weighted by Gasteiger charge is 2.18. The zero-order chi connectivity index (χ0) is 12.6. The lowest BCUT2D eigenvalue weighted by Crippen LogP contribution is -2.25. The summed E-state index contributed by atoms with van der Waals surface area (Å²) in [6.45, 7) is 1.51. The van der Waals surface area contributed by atoms with Crippen LogP contribution in [0.15, 0.2) is 6.07 Å². The van der Waals surface area contributed by atoms with Crippen LogP contribution < -0.4 is 5.32 Å². The zero-order valence-corrected chi connectivity index (χ0v) is 10.9. The number of aromatic nitrogens is 2. The molecule has 0 saturated carbocycles. The lowest BCUT2D eigenvalue weighted by molar-refractivity contribution is -0.137. The van der Waals surface area contributed by atoms with Crippen molar-refractivity contribution in [1.29, 1.82) is 0 Å². The summed E-state index contributed by atoms with van der Waals surface area (Å²) in [6.07, 6.45) is 0. The Morgan fingerprint density at radius 3 is 2.71 bits per heavy atom. The van der Waals surface area contributed by atoms with E-state index in [4.69, 9.17) is 28.3 Å². The van der Waals surface area contributed by atoms with Crippen molar-refractivity contribution < 1.29 is 9.90 Å². The van der Waals surface area contributed by atoms with E-state index in [1.807, 2.05) is 0 Å². The van der Waals surface area contributed by atoms with E-state index < -0.39 is 12.0 Å². The average molecular weight is 292 g/mol. The lowest BCUT2D eigenvalue weighted by Gasteiger charge is -2.12. The minimum Gasteiger partial charge on any atom is -0.480 e. The monoisotopic (exact) mass is 291 g/mol. The van der Waals surface area contributed by atoms with Crippen LogP contribution >= 0.6 is 34.9 Å². The molecule has 90 valence electrons. The molecule has 0 aliphatic rings. The second kappa shape index (κ2) is 4.64. The SMILES string of the molecule is CC(Nc1c(Cl)cc(Cl)c2nsnc12)C(=O)O. The minimum absolute atomic E-state index is 0.323. The average Bonchev–Trinajstić information content (AvgIpc) is 2.72. The van der Waals surface area contributed by atoms with Crippen molar-refractivity contribution in [3.05, 3.63) is 16.1 Å². The third-order valence-corrected chi connectivity index (χ3v) is 3.29. The molecule has 1 heterocycles. The minimum atomic E-state index is -0.979. The number of fused-ring (bicyclic) bond motifs is 1. The van der Waals surface area contributed by atoms with Gasteiger partial charge in [0.1, 0.15) is 17.1 Å². The summed E-state index contributed by atoms with van der Waals surface area (Å²) < 4.78 is 8.08. The second-order valence-corrected chi connectivity index (χ2v) is 4.72. The fourth-order valence-corrected chi connectivity index (χ4v) is 2.46. The van der Waals surface area contributed by atoms with Gasteiger partial charge in [-0.3, -0.25) is 4.79 Å². The van der Waals surface area contributed by atoms with Crippen molar-refractivity contribution in [2.24, 2.45) is 0 Å². The molecular formula is C9H7Cl2N3O2S. The van der Waals surface area contributed by atoms with Gasteiger partial charge < -0.3 is 10.4 Å². The Morgan fingerprint density at radius 1 is 1.41 bits per heavy atom. The van der Waals surface area contributed by atoms with E-state index in [1.165, 1.54) is 13.0 Å². The lowest BCUT2D eigenvalue weighted by atomic mass is 10.2. The van der Waals surface area contributed by atoms with Crippen molar-refractivity contribution in [2.75, 3.05) is 5.32 Å². The molecule has 0 aliphatic heterocycles. The summed E-state index contributed by atoms with van der Waals surface area (Å²) in [6, 6.07) is 0.739. The van der Waals surface area contributed by atoms with Crippen LogP contribution in [-0.2, 0) is 4.79 Å². The van der Waals surface area contributed by atoms with Gasteiger partial charge in [-0.25, -0.2) is 0 Å². The predicted molar refractivity (Wildman–Crippen MR) is 68.2 cm³/mol. The Balaban J connectivity index is 2.53. The number of aliphatic carboxylic acids is 1. The van der Waals surface area contributed by atoms with Crippen LogP contribution in [0.3, 0.4) is 0 Å². The summed E-state index contributed by atoms with van der Waals surface area (Å²) in [5, 5.41) is 12.3. The van der Waals surface area contributed by atoms with Crippen molar-refractivity contribution in [2.45, 2.75) is 13.0 Å². The van der Waals surface area contributed by atoms with Crippen LogP contribution in [0.5, 0.6) is 0 Å². The number of carbonyl (C=O) groups is 1. The Kier molecular flexibility index (Phi) is 3.37. The summed E-state index contributed by atoms with van der Waals surface area (Å²) in [7, 11) is 0. The van der Waals surface area contributed by atoms with Gasteiger partial charge in [-0.2, -0.15) is 8.75 Å². The molecule has 17 heavy (non-hydrogen) atoms. The Morgan fingerprint density at radius 2 is 2.06 bits per heavy atom. The third kappa shape index (κ3) is 2.29. The van der Waals surface area contributed by atoms with E-state index in [0.717, 1.165) is 11.7 Å². The Labute approximate surface area is 111 Å². The van der Waals surface area contributed by atoms with E-state index in [1.54, 1.807) is 0 Å². The van der Waals surface area contributed by atoms with E-state index in [-0.39, 0.29) is 0 Å². The van der Waals surface area contributed by atoms with Gasteiger partial charge in [-0.15, -0.1) is 0 Å². The molecule has 0 radical (unpaired) electrons. The molecule has 2 aromatic rings. The molecule has 2 rings (SSSR count). The van der Waals surface area contributed by atoms with Crippen LogP contribution in [0.4, 0.5) is 5.69 Å². The molecule has 0 fully saturated rings. The van der Waals surface area contributed by atoms with Gasteiger partial charge in [0.15, 0.2) is 0 Å². The number of anilines is 1. The predicted octanol–water partition coefficient (Wildman–Crippen LogP) is 2.88. The number of hydrogen-bond acceptors (Lipinski definition) is 5. The van der Waals surface area contributed by atoms with Gasteiger partial charge in [-0.1, -0.05) is 23.2 Å².